The van der Waals surface area contributed by atoms with Gasteiger partial charge in [-0.25, -0.2) is 8.42 Å². The number of rotatable bonds is 4. The zero-order chi connectivity index (χ0) is 21.1. The number of aliphatic hydroxyl groups excluding tert-OH is 2. The first-order valence-corrected chi connectivity index (χ1v) is 10.8. The van der Waals surface area contributed by atoms with E-state index >= 15 is 0 Å². The first-order valence-electron chi connectivity index (χ1n) is 9.34. The van der Waals surface area contributed by atoms with Gasteiger partial charge in [0, 0.05) is 30.6 Å². The van der Waals surface area contributed by atoms with Crippen molar-refractivity contribution in [2.45, 2.75) is 43.9 Å². The molecule has 0 amide bonds. The van der Waals surface area contributed by atoms with E-state index in [1.807, 2.05) is 25.9 Å². The van der Waals surface area contributed by atoms with Crippen LogP contribution >= 0.6 is 0 Å². The van der Waals surface area contributed by atoms with Crippen LogP contribution in [0.25, 0.3) is 0 Å². The SMILES string of the molecule is C[C@H](CO)N1C[C@H](C)[C@@H](CN(C)C)Oc2cc(C#C[C@@H](C)O)ccc2S1(=O)=O. The van der Waals surface area contributed by atoms with E-state index < -0.39 is 22.2 Å². The van der Waals surface area contributed by atoms with Crippen molar-refractivity contribution in [3.05, 3.63) is 23.8 Å². The molecular weight excluding hydrogens is 380 g/mol. The number of sulfonamides is 1. The molecule has 0 aliphatic carbocycles. The molecule has 0 spiro atoms. The minimum absolute atomic E-state index is 0.0612. The molecule has 0 saturated carbocycles. The Balaban J connectivity index is 2.61. The van der Waals surface area contributed by atoms with Gasteiger partial charge in [-0.3, -0.25) is 0 Å². The number of hydrogen-bond donors (Lipinski definition) is 2. The van der Waals surface area contributed by atoms with Gasteiger partial charge in [-0.1, -0.05) is 18.8 Å². The van der Waals surface area contributed by atoms with Crippen LogP contribution in [0.15, 0.2) is 23.1 Å². The fourth-order valence-corrected chi connectivity index (χ4v) is 4.89. The molecule has 0 bridgehead atoms. The van der Waals surface area contributed by atoms with E-state index in [1.165, 1.54) is 10.4 Å². The van der Waals surface area contributed by atoms with Crippen LogP contribution in [-0.4, -0.2) is 79.9 Å². The van der Waals surface area contributed by atoms with E-state index in [0.29, 0.717) is 12.1 Å². The van der Waals surface area contributed by atoms with Crippen molar-refractivity contribution < 1.29 is 23.4 Å². The summed E-state index contributed by atoms with van der Waals surface area (Å²) in [5, 5.41) is 19.0. The number of benzene rings is 1. The molecule has 1 aromatic carbocycles. The molecule has 0 fully saturated rings. The number of hydrogen-bond acceptors (Lipinski definition) is 6. The van der Waals surface area contributed by atoms with Crippen LogP contribution in [0.2, 0.25) is 0 Å². The molecule has 2 rings (SSSR count). The number of aliphatic hydroxyl groups is 2. The molecule has 2 N–H and O–H groups in total. The van der Waals surface area contributed by atoms with Gasteiger partial charge >= 0.3 is 0 Å². The summed E-state index contributed by atoms with van der Waals surface area (Å²) in [5.74, 6) is 5.64. The van der Waals surface area contributed by atoms with Gasteiger partial charge in [0.25, 0.3) is 0 Å². The number of ether oxygens (including phenoxy) is 1. The molecule has 8 heteroatoms. The van der Waals surface area contributed by atoms with E-state index in [1.54, 1.807) is 26.0 Å². The smallest absolute Gasteiger partial charge is 0.247 e. The predicted octanol–water partition coefficient (Wildman–Crippen LogP) is 0.749. The van der Waals surface area contributed by atoms with Gasteiger partial charge in [0.05, 0.1) is 6.61 Å². The number of fused-ring (bicyclic) bond motifs is 1. The molecule has 0 aromatic heterocycles. The van der Waals surface area contributed by atoms with E-state index in [2.05, 4.69) is 11.8 Å². The minimum atomic E-state index is -3.85. The van der Waals surface area contributed by atoms with Gasteiger partial charge in [0.15, 0.2) is 0 Å². The summed E-state index contributed by atoms with van der Waals surface area (Å²) < 4.78 is 34.1. The predicted molar refractivity (Wildman–Crippen MR) is 108 cm³/mol. The minimum Gasteiger partial charge on any atom is -0.487 e. The molecule has 0 unspecified atom stereocenters. The first-order chi connectivity index (χ1) is 13.1. The number of nitrogens with zero attached hydrogens (tertiary/aromatic N) is 2. The summed E-state index contributed by atoms with van der Waals surface area (Å²) in [6, 6.07) is 4.14. The molecule has 0 saturated heterocycles. The Morgan fingerprint density at radius 2 is 2.04 bits per heavy atom. The molecule has 7 nitrogen and oxygen atoms in total. The highest BCUT2D eigenvalue weighted by molar-refractivity contribution is 7.89. The van der Waals surface area contributed by atoms with Crippen molar-refractivity contribution in [3.8, 4) is 17.6 Å². The largest absolute Gasteiger partial charge is 0.487 e. The molecule has 1 heterocycles. The highest BCUT2D eigenvalue weighted by Gasteiger charge is 2.37. The van der Waals surface area contributed by atoms with Gasteiger partial charge in [0.2, 0.25) is 10.0 Å². The monoisotopic (exact) mass is 410 g/mol. The van der Waals surface area contributed by atoms with E-state index in [4.69, 9.17) is 4.74 Å². The van der Waals surface area contributed by atoms with Crippen LogP contribution in [0, 0.1) is 17.8 Å². The van der Waals surface area contributed by atoms with Crippen molar-refractivity contribution in [2.75, 3.05) is 33.8 Å². The molecule has 156 valence electrons. The average Bonchev–Trinajstić information content (AvgIpc) is 2.61. The Kier molecular flexibility index (Phi) is 7.48. The van der Waals surface area contributed by atoms with Gasteiger partial charge in [-0.15, -0.1) is 0 Å². The van der Waals surface area contributed by atoms with Crippen LogP contribution in [0.5, 0.6) is 5.75 Å². The standard InChI is InChI=1S/C20H30N2O5S/c1-14-11-22(15(2)13-23)28(25,26)20-9-8-17(7-6-16(3)24)10-18(20)27-19(14)12-21(4)5/h8-10,14-16,19,23-24H,11-13H2,1-5H3/t14-,15+,16+,19+/m0/s1. The second kappa shape index (κ2) is 9.25. The molecule has 4 atom stereocenters. The van der Waals surface area contributed by atoms with Gasteiger partial charge in [-0.05, 0) is 46.1 Å². The fourth-order valence-electron chi connectivity index (χ4n) is 3.07. The zero-order valence-electron chi connectivity index (χ0n) is 17.1. The molecule has 1 aliphatic rings. The molecule has 0 radical (unpaired) electrons. The van der Waals surface area contributed by atoms with Crippen molar-refractivity contribution in [1.82, 2.24) is 9.21 Å². The Hall–Kier alpha value is -1.63. The lowest BCUT2D eigenvalue weighted by Gasteiger charge is -2.37. The molecule has 28 heavy (non-hydrogen) atoms. The Morgan fingerprint density at radius 3 is 2.61 bits per heavy atom. The van der Waals surface area contributed by atoms with Gasteiger partial charge < -0.3 is 19.8 Å². The Morgan fingerprint density at radius 1 is 1.36 bits per heavy atom. The average molecular weight is 411 g/mol. The lowest BCUT2D eigenvalue weighted by molar-refractivity contribution is 0.0812. The molecule has 1 aromatic rings. The maximum atomic E-state index is 13.3. The number of likely N-dealkylation sites (N-methyl/N-ethyl adjacent to an activating group) is 1. The van der Waals surface area contributed by atoms with Crippen LogP contribution in [0.1, 0.15) is 26.3 Å². The van der Waals surface area contributed by atoms with Crippen LogP contribution in [0.4, 0.5) is 0 Å². The third-order valence-electron chi connectivity index (χ3n) is 4.64. The molecular formula is C20H30N2O5S. The summed E-state index contributed by atoms with van der Waals surface area (Å²) in [5.41, 5.74) is 0.563. The fraction of sp³-hybridized carbons (Fsp3) is 0.600. The van der Waals surface area contributed by atoms with E-state index in [-0.39, 0.29) is 35.8 Å². The van der Waals surface area contributed by atoms with Crippen molar-refractivity contribution in [3.63, 3.8) is 0 Å². The second-order valence-electron chi connectivity index (χ2n) is 7.61. The summed E-state index contributed by atoms with van der Waals surface area (Å²) >= 11 is 0. The summed E-state index contributed by atoms with van der Waals surface area (Å²) in [4.78, 5) is 2.06. The zero-order valence-corrected chi connectivity index (χ0v) is 17.9. The lowest BCUT2D eigenvalue weighted by atomic mass is 10.0. The second-order valence-corrected chi connectivity index (χ2v) is 9.47. The van der Waals surface area contributed by atoms with E-state index in [9.17, 15) is 18.6 Å². The summed E-state index contributed by atoms with van der Waals surface area (Å²) in [6.45, 7) is 5.80. The third-order valence-corrected chi connectivity index (χ3v) is 6.66. The third kappa shape index (κ3) is 5.25. The molecule has 1 aliphatic heterocycles. The summed E-state index contributed by atoms with van der Waals surface area (Å²) in [7, 11) is 0.0217. The maximum Gasteiger partial charge on any atom is 0.247 e. The first kappa shape index (κ1) is 22.7. The Bertz CT molecular complexity index is 842. The quantitative estimate of drug-likeness (QED) is 0.712. The van der Waals surface area contributed by atoms with Crippen molar-refractivity contribution in [2.24, 2.45) is 5.92 Å². The van der Waals surface area contributed by atoms with Crippen molar-refractivity contribution in [1.29, 1.82) is 0 Å². The highest BCUT2D eigenvalue weighted by atomic mass is 32.2. The van der Waals surface area contributed by atoms with Gasteiger partial charge in [-0.2, -0.15) is 4.31 Å². The van der Waals surface area contributed by atoms with Crippen molar-refractivity contribution >= 4 is 10.0 Å². The van der Waals surface area contributed by atoms with Crippen LogP contribution in [-0.2, 0) is 10.0 Å². The van der Waals surface area contributed by atoms with Crippen LogP contribution < -0.4 is 4.74 Å². The highest BCUT2D eigenvalue weighted by Crippen LogP contribution is 2.34. The van der Waals surface area contributed by atoms with E-state index in [0.717, 1.165) is 0 Å². The Labute approximate surface area is 168 Å². The normalized spacial score (nSPS) is 24.1. The maximum absolute atomic E-state index is 13.3. The lowest BCUT2D eigenvalue weighted by Crippen LogP contribution is -2.49. The van der Waals surface area contributed by atoms with Gasteiger partial charge in [0.1, 0.15) is 22.9 Å². The topological polar surface area (TPSA) is 90.3 Å². The summed E-state index contributed by atoms with van der Waals surface area (Å²) in [6.07, 6.45) is -1.02. The van der Waals surface area contributed by atoms with Crippen LogP contribution in [0.3, 0.4) is 0 Å².